The summed E-state index contributed by atoms with van der Waals surface area (Å²) in [5.41, 5.74) is 1.89. The first-order valence-corrected chi connectivity index (χ1v) is 23.1. The Hall–Kier alpha value is -2.19. The van der Waals surface area contributed by atoms with Crippen LogP contribution in [0.5, 0.6) is 11.5 Å². The number of ketones is 2. The van der Waals surface area contributed by atoms with E-state index in [9.17, 15) is 9.59 Å². The third-order valence-corrected chi connectivity index (χ3v) is 18.5. The van der Waals surface area contributed by atoms with Gasteiger partial charge in [-0.2, -0.15) is 0 Å². The molecule has 0 spiro atoms. The maximum absolute atomic E-state index is 14.4. The number of unbranched alkanes of at least 4 members (excludes halogenated alkanes) is 6. The minimum absolute atomic E-state index is 0.0945. The summed E-state index contributed by atoms with van der Waals surface area (Å²) < 4.78 is 14.3. The molecule has 0 aromatic heterocycles. The van der Waals surface area contributed by atoms with Gasteiger partial charge in [-0.1, -0.05) is 143 Å². The van der Waals surface area contributed by atoms with Crippen LogP contribution in [0.2, 0.25) is 36.3 Å². The average Bonchev–Trinajstić information content (AvgIpc) is 3.04. The first kappa shape index (κ1) is 36.3. The van der Waals surface area contributed by atoms with E-state index in [0.717, 1.165) is 113 Å². The summed E-state index contributed by atoms with van der Waals surface area (Å²) in [6.45, 7) is 13.5. The van der Waals surface area contributed by atoms with Crippen LogP contribution in [0.3, 0.4) is 0 Å². The maximum atomic E-state index is 14.4. The van der Waals surface area contributed by atoms with Crippen LogP contribution >= 0.6 is 0 Å². The Kier molecular flexibility index (Phi) is 14.9. The summed E-state index contributed by atoms with van der Waals surface area (Å²) in [6, 6.07) is 18.0. The topological polar surface area (TPSA) is 52.6 Å². The first-order chi connectivity index (χ1) is 21.3. The van der Waals surface area contributed by atoms with Crippen molar-refractivity contribution in [3.8, 4) is 11.5 Å². The second-order valence-corrected chi connectivity index (χ2v) is 21.3. The zero-order chi connectivity index (χ0) is 32.0. The monoisotopic (exact) mass is 636 g/mol. The predicted octanol–water partition coefficient (Wildman–Crippen LogP) is 11.9. The fraction of sp³-hybridized carbons (Fsp3) is 0.632. The number of benzene rings is 2. The number of fused-ring (bicyclic) bond motifs is 2. The Labute approximate surface area is 271 Å². The molecule has 0 saturated heterocycles. The molecule has 3 rings (SSSR count). The molecule has 244 valence electrons. The van der Waals surface area contributed by atoms with E-state index < -0.39 is 16.6 Å². The lowest BCUT2D eigenvalue weighted by Gasteiger charge is -2.35. The molecular weight excluding hydrogens is 577 g/mol. The Morgan fingerprint density at radius 1 is 0.455 bits per heavy atom. The van der Waals surface area contributed by atoms with Gasteiger partial charge in [0.15, 0.2) is 11.6 Å². The van der Waals surface area contributed by atoms with Crippen LogP contribution in [0.4, 0.5) is 0 Å². The summed E-state index contributed by atoms with van der Waals surface area (Å²) in [5.74, 6) is 1.07. The van der Waals surface area contributed by atoms with Crippen molar-refractivity contribution in [1.29, 1.82) is 0 Å². The molecule has 0 fully saturated rings. The maximum Gasteiger partial charge on any atom is 0.251 e. The molecule has 1 aliphatic carbocycles. The van der Waals surface area contributed by atoms with Gasteiger partial charge in [-0.3, -0.25) is 9.59 Å². The fourth-order valence-electron chi connectivity index (χ4n) is 6.86. The largest absolute Gasteiger partial charge is 0.543 e. The summed E-state index contributed by atoms with van der Waals surface area (Å²) in [6.07, 6.45) is 13.7. The molecule has 0 amide bonds. The minimum atomic E-state index is -2.17. The van der Waals surface area contributed by atoms with Gasteiger partial charge in [0, 0.05) is 11.1 Å². The quantitative estimate of drug-likeness (QED) is 0.103. The summed E-state index contributed by atoms with van der Waals surface area (Å²) in [4.78, 5) is 28.8. The van der Waals surface area contributed by atoms with Crippen molar-refractivity contribution in [3.05, 3.63) is 58.7 Å². The van der Waals surface area contributed by atoms with Crippen LogP contribution < -0.4 is 8.85 Å². The molecule has 0 atom stereocenters. The summed E-state index contributed by atoms with van der Waals surface area (Å²) in [7, 11) is -4.33. The third kappa shape index (κ3) is 8.96. The third-order valence-electron chi connectivity index (χ3n) is 9.56. The molecule has 44 heavy (non-hydrogen) atoms. The van der Waals surface area contributed by atoms with Crippen LogP contribution in [0.1, 0.15) is 150 Å². The number of hydrogen-bond acceptors (Lipinski definition) is 4. The highest BCUT2D eigenvalue weighted by molar-refractivity contribution is 6.75. The molecule has 1 aliphatic rings. The van der Waals surface area contributed by atoms with Crippen LogP contribution in [-0.4, -0.2) is 28.2 Å². The molecule has 0 N–H and O–H groups in total. The van der Waals surface area contributed by atoms with Crippen molar-refractivity contribution in [3.63, 3.8) is 0 Å². The molecule has 0 unspecified atom stereocenters. The van der Waals surface area contributed by atoms with E-state index in [4.69, 9.17) is 8.85 Å². The molecule has 2 aromatic rings. The minimum Gasteiger partial charge on any atom is -0.543 e. The van der Waals surface area contributed by atoms with Gasteiger partial charge in [-0.25, -0.2) is 0 Å². The molecule has 2 aromatic carbocycles. The Balaban J connectivity index is 2.08. The van der Waals surface area contributed by atoms with Crippen molar-refractivity contribution in [2.75, 3.05) is 0 Å². The van der Waals surface area contributed by atoms with Gasteiger partial charge in [0.1, 0.15) is 11.5 Å². The lowest BCUT2D eigenvalue weighted by atomic mass is 9.83. The van der Waals surface area contributed by atoms with Crippen molar-refractivity contribution in [2.24, 2.45) is 0 Å². The molecule has 0 radical (unpaired) electrons. The van der Waals surface area contributed by atoms with Crippen molar-refractivity contribution in [2.45, 2.75) is 155 Å². The van der Waals surface area contributed by atoms with Gasteiger partial charge in [-0.05, 0) is 48.4 Å². The highest BCUT2D eigenvalue weighted by atomic mass is 28.4. The Morgan fingerprint density at radius 3 is 0.977 bits per heavy atom. The number of rotatable bonds is 22. The highest BCUT2D eigenvalue weighted by Crippen LogP contribution is 2.42. The smallest absolute Gasteiger partial charge is 0.251 e. The second-order valence-electron chi connectivity index (χ2n) is 13.2. The average molecular weight is 637 g/mol. The van der Waals surface area contributed by atoms with E-state index in [1.807, 2.05) is 36.4 Å². The van der Waals surface area contributed by atoms with Crippen molar-refractivity contribution >= 4 is 28.2 Å². The van der Waals surface area contributed by atoms with E-state index in [0.29, 0.717) is 33.8 Å². The number of carbonyl (C=O) groups excluding carboxylic acids is 2. The van der Waals surface area contributed by atoms with Gasteiger partial charge in [0.2, 0.25) is 0 Å². The van der Waals surface area contributed by atoms with Gasteiger partial charge < -0.3 is 8.85 Å². The molecule has 6 heteroatoms. The van der Waals surface area contributed by atoms with Gasteiger partial charge in [0.05, 0.1) is 11.1 Å². The van der Waals surface area contributed by atoms with E-state index in [1.165, 1.54) is 0 Å². The zero-order valence-corrected chi connectivity index (χ0v) is 30.8. The van der Waals surface area contributed by atoms with Crippen LogP contribution in [0.15, 0.2) is 36.4 Å². The Morgan fingerprint density at radius 2 is 0.727 bits per heavy atom. The van der Waals surface area contributed by atoms with Gasteiger partial charge >= 0.3 is 0 Å². The van der Waals surface area contributed by atoms with E-state index in [1.54, 1.807) is 0 Å². The highest BCUT2D eigenvalue weighted by Gasteiger charge is 2.41. The summed E-state index contributed by atoms with van der Waals surface area (Å²) >= 11 is 0. The molecule has 0 bridgehead atoms. The van der Waals surface area contributed by atoms with Crippen molar-refractivity contribution in [1.82, 2.24) is 0 Å². The number of hydrogen-bond donors (Lipinski definition) is 0. The lowest BCUT2D eigenvalue weighted by molar-refractivity contribution is 0.0975. The van der Waals surface area contributed by atoms with Crippen molar-refractivity contribution < 1.29 is 18.4 Å². The van der Waals surface area contributed by atoms with E-state index in [2.05, 4.69) is 41.5 Å². The Bertz CT molecular complexity index is 1070. The van der Waals surface area contributed by atoms with E-state index >= 15 is 0 Å². The standard InChI is InChI=1S/C38H60O4Si2/c1-7-13-25-43(26-14-8-2,27-15-9-3)41-33-23-19-21-31-35(33)37(39)32-22-20-24-34(36(32)38(31)40)42-44(28-16-10-4,29-17-11-5)30-18-12-6/h19-24H,7-18,25-30H2,1-6H3. The SMILES string of the molecule is CCCC[Si](CCCC)(CCCC)Oc1cccc2c1C(=O)c1cccc(O[Si](CCCC)(CCCC)CCCC)c1C2=O. The molecular formula is C38H60O4Si2. The molecule has 0 heterocycles. The van der Waals surface area contributed by atoms with Crippen LogP contribution in [0, 0.1) is 0 Å². The fourth-order valence-corrected chi connectivity index (χ4v) is 16.2. The van der Waals surface area contributed by atoms with Crippen LogP contribution in [-0.2, 0) is 0 Å². The van der Waals surface area contributed by atoms with Gasteiger partial charge in [0.25, 0.3) is 16.6 Å². The molecule has 4 nitrogen and oxygen atoms in total. The second kappa shape index (κ2) is 18.1. The molecule has 0 saturated carbocycles. The van der Waals surface area contributed by atoms with Gasteiger partial charge in [-0.15, -0.1) is 0 Å². The number of carbonyl (C=O) groups is 2. The summed E-state index contributed by atoms with van der Waals surface area (Å²) in [5, 5.41) is 0. The predicted molar refractivity (Wildman–Crippen MR) is 191 cm³/mol. The lowest BCUT2D eigenvalue weighted by Crippen LogP contribution is -2.43. The molecule has 0 aliphatic heterocycles. The zero-order valence-electron chi connectivity index (χ0n) is 28.8. The first-order valence-electron chi connectivity index (χ1n) is 18.1. The van der Waals surface area contributed by atoms with E-state index in [-0.39, 0.29) is 11.6 Å². The normalized spacial score (nSPS) is 13.1. The van der Waals surface area contributed by atoms with Crippen LogP contribution in [0.25, 0.3) is 0 Å².